The zero-order valence-corrected chi connectivity index (χ0v) is 17.3. The first-order chi connectivity index (χ1) is 4.81. The van der Waals surface area contributed by atoms with Gasteiger partial charge in [0.25, 0.3) is 0 Å². The predicted octanol–water partition coefficient (Wildman–Crippen LogP) is 7.35. The minimum Gasteiger partial charge on any atom is -0.500 e. The Balaban J connectivity index is -0.0000000112. The summed E-state index contributed by atoms with van der Waals surface area (Å²) in [5, 5.41) is 0. The van der Waals surface area contributed by atoms with E-state index in [0.717, 1.165) is 12.8 Å². The Bertz CT molecular complexity index is 107. The van der Waals surface area contributed by atoms with Crippen LogP contribution in [0.25, 0.3) is 0 Å². The van der Waals surface area contributed by atoms with Crippen LogP contribution in [0.2, 0.25) is 0 Å². The summed E-state index contributed by atoms with van der Waals surface area (Å²) in [4.78, 5) is 0. The van der Waals surface area contributed by atoms with Crippen molar-refractivity contribution in [2.24, 2.45) is 0 Å². The molecule has 0 N–H and O–H groups in total. The van der Waals surface area contributed by atoms with Gasteiger partial charge in [-0.2, -0.15) is 19.3 Å². The van der Waals surface area contributed by atoms with Crippen molar-refractivity contribution in [2.75, 3.05) is 0 Å². The first-order valence-corrected chi connectivity index (χ1v) is 4.19. The molecule has 0 aromatic heterocycles. The number of hydrogen-bond acceptors (Lipinski definition) is 0. The van der Waals surface area contributed by atoms with Crippen molar-refractivity contribution in [1.29, 1.82) is 0 Å². The molecule has 0 rings (SSSR count). The topological polar surface area (TPSA) is 0 Å². The number of rotatable bonds is 5. The molecular weight excluding hydrogens is 570 g/mol. The van der Waals surface area contributed by atoms with Gasteiger partial charge in [-0.15, -0.1) is 0 Å². The van der Waals surface area contributed by atoms with Crippen LogP contribution in [-0.4, -0.2) is 0 Å². The Morgan fingerprint density at radius 1 is 0.947 bits per heavy atom. The molecule has 0 aliphatic carbocycles. The van der Waals surface area contributed by atoms with E-state index in [-0.39, 0.29) is 127 Å². The summed E-state index contributed by atoms with van der Waals surface area (Å²) in [7, 11) is 0. The van der Waals surface area contributed by atoms with Crippen molar-refractivity contribution in [3.05, 3.63) is 18.1 Å². The second-order valence-electron chi connectivity index (χ2n) is 2.59. The monoisotopic (exact) mass is 612 g/mol. The van der Waals surface area contributed by atoms with Crippen LogP contribution in [0.1, 0.15) is 91.0 Å². The predicted molar refractivity (Wildman–Crippen MR) is 86.9 cm³/mol. The van der Waals surface area contributed by atoms with Gasteiger partial charge in [-0.25, -0.2) is 0 Å². The van der Waals surface area contributed by atoms with E-state index in [2.05, 4.69) is 33.3 Å². The summed E-state index contributed by atoms with van der Waals surface area (Å²) in [6.45, 7) is 6.48. The van der Waals surface area contributed by atoms with Gasteiger partial charge in [-0.3, -0.25) is 5.57 Å². The third kappa shape index (κ3) is 63.7. The van der Waals surface area contributed by atoms with Crippen molar-refractivity contribution in [3.63, 3.8) is 0 Å². The molecule has 2 radical (unpaired) electrons. The molecule has 0 heterocycles. The van der Waals surface area contributed by atoms with Crippen molar-refractivity contribution in [2.45, 2.75) is 91.0 Å². The molecule has 0 aliphatic rings. The Labute approximate surface area is 189 Å². The summed E-state index contributed by atoms with van der Waals surface area (Å²) in [6.07, 6.45) is 10.3. The van der Waals surface area contributed by atoms with Crippen LogP contribution in [-0.2, 0) is 51.3 Å². The molecule has 0 saturated carbocycles. The van der Waals surface area contributed by atoms with Crippen LogP contribution < -0.4 is 0 Å². The molecule has 0 bridgehead atoms. The van der Waals surface area contributed by atoms with Gasteiger partial charge in [0.1, 0.15) is 0 Å². The van der Waals surface area contributed by atoms with Gasteiger partial charge in [0.2, 0.25) is 0 Å². The van der Waals surface area contributed by atoms with Crippen LogP contribution in [0, 0.1) is 43.6 Å². The quantitative estimate of drug-likeness (QED) is 0.225. The number of allylic oxidation sites excluding steroid dienone is 2. The Morgan fingerprint density at radius 3 is 1.58 bits per heavy atom. The summed E-state index contributed by atoms with van der Waals surface area (Å²) in [5.74, 6) is 0. The minimum absolute atomic E-state index is 0. The fourth-order valence-corrected chi connectivity index (χ4v) is 0.897. The number of unbranched alkanes of at least 4 members (excludes halogenated alkanes) is 2. The van der Waals surface area contributed by atoms with Gasteiger partial charge in [-0.1, -0.05) is 71.8 Å². The maximum Gasteiger partial charge on any atom is 0 e. The van der Waals surface area contributed by atoms with E-state index >= 15 is 0 Å². The van der Waals surface area contributed by atoms with E-state index in [9.17, 15) is 0 Å². The summed E-state index contributed by atoms with van der Waals surface area (Å²) < 4.78 is 0. The van der Waals surface area contributed by atoms with Gasteiger partial charge in [-0.05, 0) is 0 Å². The van der Waals surface area contributed by atoms with Crippen LogP contribution in [0.4, 0.5) is 0 Å². The maximum atomic E-state index is 3.29. The molecule has 120 valence electrons. The smallest absolute Gasteiger partial charge is 0 e. The van der Waals surface area contributed by atoms with Gasteiger partial charge < -0.3 is 12.5 Å². The zero-order valence-electron chi connectivity index (χ0n) is 8.93. The third-order valence-electron chi connectivity index (χ3n) is 1.42. The van der Waals surface area contributed by atoms with Crippen LogP contribution >= 0.6 is 0 Å². The van der Waals surface area contributed by atoms with E-state index in [1.165, 1.54) is 18.4 Å². The van der Waals surface area contributed by atoms with E-state index < -0.39 is 0 Å². The molecule has 0 spiro atoms. The molecular formula is C16H42UVY-2. The average Bonchev–Trinajstić information content (AvgIpc) is 1.89. The van der Waals surface area contributed by atoms with Crippen LogP contribution in [0.5, 0.6) is 0 Å². The molecule has 0 saturated heterocycles. The Hall–Kier alpha value is 2.48. The van der Waals surface area contributed by atoms with Gasteiger partial charge in [0, 0.05) is 82.4 Å². The molecule has 0 aromatic rings. The standard InChI is InChI=1S/C10H18.6CH4.U.V.Y/c1-4-6-7-9-10(3)8-5-2;;;;;;;;;/h7H,4-6,9H2,1-3H3;6*1H4;;;/q-2;;;;;;;;;. The van der Waals surface area contributed by atoms with Gasteiger partial charge in [0.15, 0.2) is 0 Å². The Morgan fingerprint density at radius 2 is 1.32 bits per heavy atom. The van der Waals surface area contributed by atoms with Crippen molar-refractivity contribution in [1.82, 2.24) is 0 Å². The summed E-state index contributed by atoms with van der Waals surface area (Å²) >= 11 is 0. The number of hydrogen-bond donors (Lipinski definition) is 0. The van der Waals surface area contributed by atoms with E-state index in [4.69, 9.17) is 0 Å². The SMILES string of the molecule is C.C.C.C.C.C.CC[C-]=C(C)C[CH-]CCC.[U].[V].[Y]. The van der Waals surface area contributed by atoms with E-state index in [1.54, 1.807) is 0 Å². The maximum absolute atomic E-state index is 3.29. The van der Waals surface area contributed by atoms with Gasteiger partial charge in [0.05, 0.1) is 0 Å². The Kier molecular flexibility index (Phi) is 212. The van der Waals surface area contributed by atoms with Crippen LogP contribution in [0.3, 0.4) is 0 Å². The normalized spacial score (nSPS) is 6.37. The first kappa shape index (κ1) is 68.4. The molecule has 19 heavy (non-hydrogen) atoms. The second-order valence-corrected chi connectivity index (χ2v) is 2.59. The fourth-order valence-electron chi connectivity index (χ4n) is 0.897. The molecule has 0 nitrogen and oxygen atoms in total. The van der Waals surface area contributed by atoms with Crippen molar-refractivity contribution < 1.29 is 82.4 Å². The molecule has 0 aliphatic heterocycles. The third-order valence-corrected chi connectivity index (χ3v) is 1.42. The van der Waals surface area contributed by atoms with E-state index in [1.807, 2.05) is 0 Å². The fraction of sp³-hybridized carbons (Fsp3) is 0.812. The summed E-state index contributed by atoms with van der Waals surface area (Å²) in [5.41, 5.74) is 1.39. The van der Waals surface area contributed by atoms with Gasteiger partial charge >= 0.3 is 0 Å². The van der Waals surface area contributed by atoms with Crippen molar-refractivity contribution in [3.8, 4) is 0 Å². The molecule has 3 heteroatoms. The summed E-state index contributed by atoms with van der Waals surface area (Å²) in [6, 6.07) is 0. The molecule has 0 aromatic carbocycles. The zero-order chi connectivity index (χ0) is 7.82. The van der Waals surface area contributed by atoms with Crippen molar-refractivity contribution >= 4 is 0 Å². The second kappa shape index (κ2) is 59.0. The molecule has 0 atom stereocenters. The molecule has 0 fully saturated rings. The minimum atomic E-state index is 0. The first-order valence-electron chi connectivity index (χ1n) is 4.19. The van der Waals surface area contributed by atoms with Crippen LogP contribution in [0.15, 0.2) is 5.57 Å². The molecule has 0 amide bonds. The molecule has 0 unspecified atom stereocenters. The largest absolute Gasteiger partial charge is 0.500 e. The van der Waals surface area contributed by atoms with E-state index in [0.29, 0.717) is 0 Å². The average molecular weight is 612 g/mol.